The Morgan fingerprint density at radius 2 is 1.86 bits per heavy atom. The van der Waals surface area contributed by atoms with Crippen molar-refractivity contribution in [3.05, 3.63) is 63.6 Å². The highest BCUT2D eigenvalue weighted by atomic mass is 79.9. The van der Waals surface area contributed by atoms with Crippen molar-refractivity contribution in [3.8, 4) is 5.75 Å². The molecule has 29 heavy (non-hydrogen) atoms. The molecule has 0 saturated carbocycles. The van der Waals surface area contributed by atoms with Gasteiger partial charge < -0.3 is 10.1 Å². The average Bonchev–Trinajstić information content (AvgIpc) is 2.68. The van der Waals surface area contributed by atoms with E-state index in [9.17, 15) is 9.59 Å². The van der Waals surface area contributed by atoms with Gasteiger partial charge in [-0.15, -0.1) is 0 Å². The standard InChI is InChI=1S/C22H26BrN3O3/c1-5-29-19-11-10-18(23)12-17(19)13-24-26-22(28)20(14(2)3)25-21(27)16-8-6-15(4)7-9-16/h6-14,20H,5H2,1-4H3,(H,25,27)(H,26,28)/b24-13-. The number of aryl methyl sites for hydroxylation is 1. The summed E-state index contributed by atoms with van der Waals surface area (Å²) in [4.78, 5) is 25.1. The van der Waals surface area contributed by atoms with Gasteiger partial charge in [-0.3, -0.25) is 9.59 Å². The first kappa shape index (κ1) is 22.6. The Bertz CT molecular complexity index is 879. The number of amides is 2. The minimum absolute atomic E-state index is 0.107. The maximum absolute atomic E-state index is 12.6. The molecule has 0 heterocycles. The molecule has 1 atom stereocenters. The minimum Gasteiger partial charge on any atom is -0.493 e. The van der Waals surface area contributed by atoms with Crippen LogP contribution in [0.5, 0.6) is 5.75 Å². The summed E-state index contributed by atoms with van der Waals surface area (Å²) in [5.74, 6) is -0.121. The zero-order chi connectivity index (χ0) is 21.4. The maximum Gasteiger partial charge on any atom is 0.262 e. The van der Waals surface area contributed by atoms with Gasteiger partial charge in [0.2, 0.25) is 0 Å². The highest BCUT2D eigenvalue weighted by Gasteiger charge is 2.24. The minimum atomic E-state index is -0.713. The molecule has 0 aliphatic rings. The molecule has 2 N–H and O–H groups in total. The predicted octanol–water partition coefficient (Wildman–Crippen LogP) is 4.06. The summed E-state index contributed by atoms with van der Waals surface area (Å²) >= 11 is 3.41. The van der Waals surface area contributed by atoms with Crippen molar-refractivity contribution in [1.29, 1.82) is 0 Å². The molecule has 154 valence electrons. The largest absolute Gasteiger partial charge is 0.493 e. The van der Waals surface area contributed by atoms with Gasteiger partial charge in [-0.05, 0) is 50.1 Å². The Labute approximate surface area is 179 Å². The number of rotatable bonds is 8. The summed E-state index contributed by atoms with van der Waals surface area (Å²) in [6, 6.07) is 12.0. The van der Waals surface area contributed by atoms with Crippen molar-refractivity contribution in [1.82, 2.24) is 10.7 Å². The number of hydrogen-bond donors (Lipinski definition) is 2. The van der Waals surface area contributed by atoms with Crippen LogP contribution in [-0.2, 0) is 4.79 Å². The second-order valence-corrected chi connectivity index (χ2v) is 7.83. The first-order valence-electron chi connectivity index (χ1n) is 9.44. The van der Waals surface area contributed by atoms with Gasteiger partial charge in [-0.1, -0.05) is 47.5 Å². The lowest BCUT2D eigenvalue weighted by Gasteiger charge is -2.20. The van der Waals surface area contributed by atoms with E-state index >= 15 is 0 Å². The molecule has 7 heteroatoms. The van der Waals surface area contributed by atoms with E-state index in [1.165, 1.54) is 6.21 Å². The molecule has 0 saturated heterocycles. The van der Waals surface area contributed by atoms with Crippen LogP contribution in [0.1, 0.15) is 42.3 Å². The van der Waals surface area contributed by atoms with Gasteiger partial charge in [0.15, 0.2) is 0 Å². The lowest BCUT2D eigenvalue weighted by atomic mass is 10.0. The second kappa shape index (κ2) is 10.8. The van der Waals surface area contributed by atoms with Crippen molar-refractivity contribution in [2.24, 2.45) is 11.0 Å². The number of nitrogens with one attached hydrogen (secondary N) is 2. The summed E-state index contributed by atoms with van der Waals surface area (Å²) < 4.78 is 6.44. The quantitative estimate of drug-likeness (QED) is 0.461. The number of benzene rings is 2. The Morgan fingerprint density at radius 1 is 1.17 bits per heavy atom. The zero-order valence-corrected chi connectivity index (χ0v) is 18.6. The van der Waals surface area contributed by atoms with Gasteiger partial charge in [-0.2, -0.15) is 5.10 Å². The molecule has 0 aliphatic carbocycles. The molecule has 1 unspecified atom stereocenters. The SMILES string of the molecule is CCOc1ccc(Br)cc1/C=N\NC(=O)C(NC(=O)c1ccc(C)cc1)C(C)C. The normalized spacial score (nSPS) is 12.1. The van der Waals surface area contributed by atoms with E-state index in [4.69, 9.17) is 4.74 Å². The highest BCUT2D eigenvalue weighted by molar-refractivity contribution is 9.10. The van der Waals surface area contributed by atoms with E-state index in [0.29, 0.717) is 17.9 Å². The van der Waals surface area contributed by atoms with E-state index in [-0.39, 0.29) is 17.7 Å². The number of carbonyl (C=O) groups excluding carboxylic acids is 2. The average molecular weight is 460 g/mol. The van der Waals surface area contributed by atoms with Crippen LogP contribution in [0, 0.1) is 12.8 Å². The van der Waals surface area contributed by atoms with Crippen LogP contribution < -0.4 is 15.5 Å². The van der Waals surface area contributed by atoms with Crippen LogP contribution in [0.2, 0.25) is 0 Å². The molecule has 0 spiro atoms. The molecule has 2 amide bonds. The molecule has 0 radical (unpaired) electrons. The molecule has 2 rings (SSSR count). The Kier molecular flexibility index (Phi) is 8.39. The summed E-state index contributed by atoms with van der Waals surface area (Å²) in [7, 11) is 0. The third-order valence-electron chi connectivity index (χ3n) is 4.20. The monoisotopic (exact) mass is 459 g/mol. The van der Waals surface area contributed by atoms with Gasteiger partial charge in [0.05, 0.1) is 12.8 Å². The van der Waals surface area contributed by atoms with Crippen LogP contribution in [0.3, 0.4) is 0 Å². The summed E-state index contributed by atoms with van der Waals surface area (Å²) in [5, 5.41) is 6.83. The first-order chi connectivity index (χ1) is 13.8. The third kappa shape index (κ3) is 6.71. The predicted molar refractivity (Wildman–Crippen MR) is 118 cm³/mol. The maximum atomic E-state index is 12.6. The Balaban J connectivity index is 2.06. The van der Waals surface area contributed by atoms with Crippen molar-refractivity contribution >= 4 is 34.0 Å². The number of ether oxygens (including phenoxy) is 1. The van der Waals surface area contributed by atoms with Crippen LogP contribution in [0.4, 0.5) is 0 Å². The van der Waals surface area contributed by atoms with Crippen molar-refractivity contribution in [3.63, 3.8) is 0 Å². The highest BCUT2D eigenvalue weighted by Crippen LogP contribution is 2.21. The summed E-state index contributed by atoms with van der Waals surface area (Å²) in [6.45, 7) is 8.10. The molecule has 2 aromatic carbocycles. The van der Waals surface area contributed by atoms with Crippen LogP contribution >= 0.6 is 15.9 Å². The fraction of sp³-hybridized carbons (Fsp3) is 0.318. The van der Waals surface area contributed by atoms with E-state index in [0.717, 1.165) is 15.6 Å². The van der Waals surface area contributed by atoms with Gasteiger partial charge in [0, 0.05) is 15.6 Å². The van der Waals surface area contributed by atoms with Gasteiger partial charge in [0.1, 0.15) is 11.8 Å². The number of halogens is 1. The van der Waals surface area contributed by atoms with Crippen molar-refractivity contribution in [2.45, 2.75) is 33.7 Å². The van der Waals surface area contributed by atoms with Gasteiger partial charge in [0.25, 0.3) is 11.8 Å². The van der Waals surface area contributed by atoms with Crippen LogP contribution in [0.25, 0.3) is 0 Å². The number of nitrogens with zero attached hydrogens (tertiary/aromatic N) is 1. The molecule has 0 fully saturated rings. The molecule has 0 bridgehead atoms. The van der Waals surface area contributed by atoms with Crippen molar-refractivity contribution < 1.29 is 14.3 Å². The smallest absolute Gasteiger partial charge is 0.262 e. The fourth-order valence-corrected chi connectivity index (χ4v) is 2.99. The molecule has 0 aromatic heterocycles. The molecule has 2 aromatic rings. The number of hydrogen-bond acceptors (Lipinski definition) is 4. The lowest BCUT2D eigenvalue weighted by molar-refractivity contribution is -0.123. The van der Waals surface area contributed by atoms with Gasteiger partial charge in [-0.25, -0.2) is 5.43 Å². The number of carbonyl (C=O) groups is 2. The van der Waals surface area contributed by atoms with E-state index in [1.54, 1.807) is 12.1 Å². The number of hydrazone groups is 1. The molecule has 0 aliphatic heterocycles. The fourth-order valence-electron chi connectivity index (χ4n) is 2.61. The zero-order valence-electron chi connectivity index (χ0n) is 17.0. The second-order valence-electron chi connectivity index (χ2n) is 6.91. The molecular weight excluding hydrogens is 434 g/mol. The molecule has 6 nitrogen and oxygen atoms in total. The molecular formula is C22H26BrN3O3. The first-order valence-corrected chi connectivity index (χ1v) is 10.2. The Hall–Kier alpha value is -2.67. The van der Waals surface area contributed by atoms with E-state index < -0.39 is 6.04 Å². The topological polar surface area (TPSA) is 79.8 Å². The lowest BCUT2D eigenvalue weighted by Crippen LogP contribution is -2.48. The van der Waals surface area contributed by atoms with E-state index in [1.807, 2.05) is 58.0 Å². The third-order valence-corrected chi connectivity index (χ3v) is 4.69. The van der Waals surface area contributed by atoms with Gasteiger partial charge >= 0.3 is 0 Å². The van der Waals surface area contributed by atoms with E-state index in [2.05, 4.69) is 31.8 Å². The van der Waals surface area contributed by atoms with Crippen LogP contribution in [-0.4, -0.2) is 30.7 Å². The Morgan fingerprint density at radius 3 is 2.48 bits per heavy atom. The summed E-state index contributed by atoms with van der Waals surface area (Å²) in [6.07, 6.45) is 1.52. The summed E-state index contributed by atoms with van der Waals surface area (Å²) in [5.41, 5.74) is 4.81. The van der Waals surface area contributed by atoms with Crippen molar-refractivity contribution in [2.75, 3.05) is 6.61 Å². The van der Waals surface area contributed by atoms with Crippen LogP contribution in [0.15, 0.2) is 52.0 Å².